The summed E-state index contributed by atoms with van der Waals surface area (Å²) in [6.45, 7) is 16.1. The van der Waals surface area contributed by atoms with Gasteiger partial charge in [-0.25, -0.2) is 0 Å². The van der Waals surface area contributed by atoms with Crippen LogP contribution in [0.1, 0.15) is 25.8 Å². The number of rotatable bonds is 7. The largest absolute Gasteiger partial charge is 0.492 e. The van der Waals surface area contributed by atoms with Crippen LogP contribution in [0.15, 0.2) is 24.3 Å². The molecule has 0 unspecified atom stereocenters. The second kappa shape index (κ2) is 10.3. The van der Waals surface area contributed by atoms with Crippen molar-refractivity contribution in [3.05, 3.63) is 29.8 Å². The molecule has 0 spiro atoms. The van der Waals surface area contributed by atoms with Crippen molar-refractivity contribution >= 4 is 0 Å². The third-order valence-electron chi connectivity index (χ3n) is 5.45. The van der Waals surface area contributed by atoms with Crippen LogP contribution in [-0.2, 0) is 11.3 Å². The maximum absolute atomic E-state index is 5.96. The molecule has 0 radical (unpaired) electrons. The van der Waals surface area contributed by atoms with Crippen LogP contribution in [0.3, 0.4) is 0 Å². The molecule has 0 N–H and O–H groups in total. The molecule has 2 saturated heterocycles. The fourth-order valence-corrected chi connectivity index (χ4v) is 3.79. The van der Waals surface area contributed by atoms with Gasteiger partial charge >= 0.3 is 0 Å². The van der Waals surface area contributed by atoms with Crippen LogP contribution in [0.5, 0.6) is 5.75 Å². The number of likely N-dealkylation sites (N-methyl/N-ethyl adjacent to an activating group) is 1. The fourth-order valence-electron chi connectivity index (χ4n) is 3.79. The van der Waals surface area contributed by atoms with E-state index in [1.807, 2.05) is 0 Å². The molecule has 1 aromatic carbocycles. The molecular weight excluding hydrogens is 326 g/mol. The predicted molar refractivity (Wildman–Crippen MR) is 106 cm³/mol. The van der Waals surface area contributed by atoms with Gasteiger partial charge in [0.25, 0.3) is 0 Å². The van der Waals surface area contributed by atoms with Gasteiger partial charge in [0.15, 0.2) is 0 Å². The van der Waals surface area contributed by atoms with Gasteiger partial charge in [0.2, 0.25) is 0 Å². The maximum Gasteiger partial charge on any atom is 0.119 e. The number of piperazine rings is 1. The van der Waals surface area contributed by atoms with E-state index in [4.69, 9.17) is 9.47 Å². The Morgan fingerprint density at radius 3 is 2.46 bits per heavy atom. The minimum Gasteiger partial charge on any atom is -0.492 e. The summed E-state index contributed by atoms with van der Waals surface area (Å²) in [6.07, 6.45) is 1.46. The first-order valence-corrected chi connectivity index (χ1v) is 10.2. The highest BCUT2D eigenvalue weighted by molar-refractivity contribution is 5.27. The van der Waals surface area contributed by atoms with Gasteiger partial charge in [0, 0.05) is 59.0 Å². The van der Waals surface area contributed by atoms with Crippen molar-refractivity contribution in [1.82, 2.24) is 14.7 Å². The smallest absolute Gasteiger partial charge is 0.119 e. The van der Waals surface area contributed by atoms with Gasteiger partial charge in [-0.05, 0) is 37.6 Å². The van der Waals surface area contributed by atoms with Crippen LogP contribution < -0.4 is 4.74 Å². The molecule has 2 aliphatic heterocycles. The first-order valence-electron chi connectivity index (χ1n) is 10.2. The Morgan fingerprint density at radius 2 is 1.73 bits per heavy atom. The number of hydrogen-bond acceptors (Lipinski definition) is 5. The molecular formula is C21H35N3O2. The number of ether oxygens (including phenoxy) is 2. The zero-order valence-electron chi connectivity index (χ0n) is 16.5. The van der Waals surface area contributed by atoms with Crippen molar-refractivity contribution in [3.63, 3.8) is 0 Å². The van der Waals surface area contributed by atoms with E-state index in [1.165, 1.54) is 25.2 Å². The molecule has 0 bridgehead atoms. The van der Waals surface area contributed by atoms with Crippen LogP contribution in [0, 0.1) is 0 Å². The lowest BCUT2D eigenvalue weighted by Gasteiger charge is -2.33. The third-order valence-corrected chi connectivity index (χ3v) is 5.45. The summed E-state index contributed by atoms with van der Waals surface area (Å²) >= 11 is 0. The van der Waals surface area contributed by atoms with Gasteiger partial charge in [0.1, 0.15) is 12.4 Å². The van der Waals surface area contributed by atoms with E-state index < -0.39 is 0 Å². The standard InChI is InChI=1S/C21H35N3O2/c1-3-22-10-12-23(13-11-22)14-16-26-21-7-5-20(6-8-21)18-24-9-4-15-25-19(2)17-24/h5-8,19H,3-4,9-18H2,1-2H3/t19-/m0/s1. The Morgan fingerprint density at radius 1 is 1.00 bits per heavy atom. The second-order valence-electron chi connectivity index (χ2n) is 7.54. The van der Waals surface area contributed by atoms with Crippen molar-refractivity contribution in [2.75, 3.05) is 65.6 Å². The van der Waals surface area contributed by atoms with E-state index in [1.54, 1.807) is 0 Å². The molecule has 1 aromatic rings. The topological polar surface area (TPSA) is 28.2 Å². The predicted octanol–water partition coefficient (Wildman–Crippen LogP) is 2.31. The van der Waals surface area contributed by atoms with Crippen molar-refractivity contribution in [2.45, 2.75) is 32.9 Å². The van der Waals surface area contributed by atoms with Crippen molar-refractivity contribution in [3.8, 4) is 5.75 Å². The van der Waals surface area contributed by atoms with E-state index in [2.05, 4.69) is 52.8 Å². The molecule has 0 aliphatic carbocycles. The zero-order chi connectivity index (χ0) is 18.2. The van der Waals surface area contributed by atoms with Gasteiger partial charge in [-0.15, -0.1) is 0 Å². The van der Waals surface area contributed by atoms with E-state index in [0.717, 1.165) is 64.7 Å². The quantitative estimate of drug-likeness (QED) is 0.743. The molecule has 3 rings (SSSR count). The summed E-state index contributed by atoms with van der Waals surface area (Å²) in [5.41, 5.74) is 1.35. The van der Waals surface area contributed by atoms with Crippen molar-refractivity contribution < 1.29 is 9.47 Å². The third kappa shape index (κ3) is 6.23. The Kier molecular flexibility index (Phi) is 7.74. The molecule has 2 aliphatic rings. The monoisotopic (exact) mass is 361 g/mol. The number of hydrogen-bond donors (Lipinski definition) is 0. The average molecular weight is 362 g/mol. The summed E-state index contributed by atoms with van der Waals surface area (Å²) in [5.74, 6) is 0.980. The normalized spacial score (nSPS) is 23.7. The molecule has 0 saturated carbocycles. The molecule has 0 aromatic heterocycles. The summed E-state index contributed by atoms with van der Waals surface area (Å²) in [6, 6.07) is 8.63. The highest BCUT2D eigenvalue weighted by Crippen LogP contribution is 2.15. The maximum atomic E-state index is 5.96. The summed E-state index contributed by atoms with van der Waals surface area (Å²) < 4.78 is 11.7. The van der Waals surface area contributed by atoms with E-state index >= 15 is 0 Å². The second-order valence-corrected chi connectivity index (χ2v) is 7.54. The van der Waals surface area contributed by atoms with Crippen LogP contribution in [0.25, 0.3) is 0 Å². The Balaban J connectivity index is 1.37. The molecule has 146 valence electrons. The van der Waals surface area contributed by atoms with Gasteiger partial charge in [-0.1, -0.05) is 19.1 Å². The van der Waals surface area contributed by atoms with Gasteiger partial charge in [-0.2, -0.15) is 0 Å². The lowest BCUT2D eigenvalue weighted by Crippen LogP contribution is -2.47. The lowest BCUT2D eigenvalue weighted by atomic mass is 10.2. The van der Waals surface area contributed by atoms with Crippen LogP contribution >= 0.6 is 0 Å². The molecule has 26 heavy (non-hydrogen) atoms. The summed E-state index contributed by atoms with van der Waals surface area (Å²) in [7, 11) is 0. The van der Waals surface area contributed by atoms with Gasteiger partial charge in [-0.3, -0.25) is 9.80 Å². The molecule has 2 heterocycles. The zero-order valence-corrected chi connectivity index (χ0v) is 16.5. The SMILES string of the molecule is CCN1CCN(CCOc2ccc(CN3CCCO[C@@H](C)C3)cc2)CC1. The van der Waals surface area contributed by atoms with Crippen molar-refractivity contribution in [1.29, 1.82) is 0 Å². The first-order chi connectivity index (χ1) is 12.7. The first kappa shape index (κ1) is 19.6. The van der Waals surface area contributed by atoms with Crippen LogP contribution in [-0.4, -0.2) is 86.4 Å². The Hall–Kier alpha value is -1.14. The summed E-state index contributed by atoms with van der Waals surface area (Å²) in [5, 5.41) is 0. The minimum atomic E-state index is 0.333. The minimum absolute atomic E-state index is 0.333. The highest BCUT2D eigenvalue weighted by Gasteiger charge is 2.16. The van der Waals surface area contributed by atoms with Crippen LogP contribution in [0.4, 0.5) is 0 Å². The molecule has 5 nitrogen and oxygen atoms in total. The highest BCUT2D eigenvalue weighted by atomic mass is 16.5. The Labute approximate surface area is 158 Å². The Bertz CT molecular complexity index is 514. The van der Waals surface area contributed by atoms with E-state index in [9.17, 15) is 0 Å². The van der Waals surface area contributed by atoms with E-state index in [0.29, 0.717) is 6.10 Å². The van der Waals surface area contributed by atoms with Gasteiger partial charge < -0.3 is 14.4 Å². The van der Waals surface area contributed by atoms with Crippen LogP contribution in [0.2, 0.25) is 0 Å². The molecule has 5 heteroatoms. The fraction of sp³-hybridized carbons (Fsp3) is 0.714. The number of nitrogens with zero attached hydrogens (tertiary/aromatic N) is 3. The molecule has 0 amide bonds. The average Bonchev–Trinajstić information content (AvgIpc) is 2.87. The molecule has 2 fully saturated rings. The van der Waals surface area contributed by atoms with E-state index in [-0.39, 0.29) is 0 Å². The lowest BCUT2D eigenvalue weighted by molar-refractivity contribution is 0.0668. The van der Waals surface area contributed by atoms with Gasteiger partial charge in [0.05, 0.1) is 6.10 Å². The number of benzene rings is 1. The molecule has 1 atom stereocenters. The summed E-state index contributed by atoms with van der Waals surface area (Å²) in [4.78, 5) is 7.50. The van der Waals surface area contributed by atoms with Crippen molar-refractivity contribution in [2.24, 2.45) is 0 Å².